The monoisotopic (exact) mass is 236 g/mol. The van der Waals surface area contributed by atoms with Gasteiger partial charge in [-0.3, -0.25) is 9.78 Å². The van der Waals surface area contributed by atoms with Gasteiger partial charge >= 0.3 is 0 Å². The van der Waals surface area contributed by atoms with Crippen molar-refractivity contribution in [2.45, 2.75) is 25.8 Å². The van der Waals surface area contributed by atoms with Gasteiger partial charge < -0.3 is 5.32 Å². The molecule has 0 saturated carbocycles. The Labute approximate surface area is 100 Å². The van der Waals surface area contributed by atoms with Crippen molar-refractivity contribution in [2.75, 3.05) is 0 Å². The molecule has 1 atom stereocenters. The van der Waals surface area contributed by atoms with Crippen molar-refractivity contribution in [3.63, 3.8) is 0 Å². The summed E-state index contributed by atoms with van der Waals surface area (Å²) in [6, 6.07) is 1.32. The Morgan fingerprint density at radius 2 is 2.50 bits per heavy atom. The first-order valence-corrected chi connectivity index (χ1v) is 5.43. The van der Waals surface area contributed by atoms with Gasteiger partial charge in [0.05, 0.1) is 16.6 Å². The molecule has 0 aromatic carbocycles. The molecule has 0 radical (unpaired) electrons. The predicted molar refractivity (Wildman–Crippen MR) is 64.2 cm³/mol. The van der Waals surface area contributed by atoms with Crippen LogP contribution in [0.3, 0.4) is 0 Å². The van der Waals surface area contributed by atoms with Crippen LogP contribution in [0.2, 0.25) is 5.02 Å². The van der Waals surface area contributed by atoms with Gasteiger partial charge in [-0.2, -0.15) is 0 Å². The van der Waals surface area contributed by atoms with E-state index in [0.29, 0.717) is 10.6 Å². The highest BCUT2D eigenvalue weighted by molar-refractivity contribution is 6.33. The second-order valence-electron chi connectivity index (χ2n) is 3.34. The zero-order valence-electron chi connectivity index (χ0n) is 9.03. The van der Waals surface area contributed by atoms with Crippen LogP contribution in [-0.4, -0.2) is 16.9 Å². The average Bonchev–Trinajstić information content (AvgIpc) is 2.28. The standard InChI is InChI=1S/C12H13ClN2O/c1-3-5-9(4-2)15-12(16)10-6-7-14-8-11(10)13/h2,6-9H,3,5H2,1H3,(H,15,16). The van der Waals surface area contributed by atoms with Crippen molar-refractivity contribution in [1.82, 2.24) is 10.3 Å². The Kier molecular flexibility index (Phi) is 4.81. The number of carbonyl (C=O) groups excluding carboxylic acids is 1. The first kappa shape index (κ1) is 12.5. The topological polar surface area (TPSA) is 42.0 Å². The second kappa shape index (κ2) is 6.14. The molecule has 0 bridgehead atoms. The molecule has 1 aromatic heterocycles. The molecule has 0 aliphatic carbocycles. The summed E-state index contributed by atoms with van der Waals surface area (Å²) in [4.78, 5) is 15.6. The molecule has 3 nitrogen and oxygen atoms in total. The third kappa shape index (κ3) is 3.25. The Hall–Kier alpha value is -1.53. The minimum absolute atomic E-state index is 0.248. The summed E-state index contributed by atoms with van der Waals surface area (Å²) in [5, 5.41) is 3.06. The molecule has 1 N–H and O–H groups in total. The maximum absolute atomic E-state index is 11.8. The normalized spacial score (nSPS) is 11.6. The molecule has 1 unspecified atom stereocenters. The molecule has 84 valence electrons. The van der Waals surface area contributed by atoms with Gasteiger partial charge in [-0.25, -0.2) is 0 Å². The van der Waals surface area contributed by atoms with Crippen LogP contribution in [0, 0.1) is 12.3 Å². The zero-order valence-corrected chi connectivity index (χ0v) is 9.79. The number of nitrogens with zero attached hydrogens (tertiary/aromatic N) is 1. The number of halogens is 1. The van der Waals surface area contributed by atoms with Crippen molar-refractivity contribution < 1.29 is 4.79 Å². The SMILES string of the molecule is C#CC(CCC)NC(=O)c1ccncc1Cl. The highest BCUT2D eigenvalue weighted by atomic mass is 35.5. The van der Waals surface area contributed by atoms with Crippen LogP contribution >= 0.6 is 11.6 Å². The van der Waals surface area contributed by atoms with E-state index in [1.165, 1.54) is 12.4 Å². The number of rotatable bonds is 4. The third-order valence-corrected chi connectivity index (χ3v) is 2.40. The van der Waals surface area contributed by atoms with Crippen LogP contribution in [0.25, 0.3) is 0 Å². The van der Waals surface area contributed by atoms with Gasteiger partial charge in [0.25, 0.3) is 5.91 Å². The molecular formula is C12H13ClN2O. The average molecular weight is 237 g/mol. The lowest BCUT2D eigenvalue weighted by Gasteiger charge is -2.12. The first-order valence-electron chi connectivity index (χ1n) is 5.05. The molecule has 0 aliphatic heterocycles. The van der Waals surface area contributed by atoms with E-state index in [1.54, 1.807) is 6.07 Å². The molecular weight excluding hydrogens is 224 g/mol. The molecule has 0 fully saturated rings. The van der Waals surface area contributed by atoms with Crippen LogP contribution in [0.5, 0.6) is 0 Å². The van der Waals surface area contributed by atoms with Crippen LogP contribution < -0.4 is 5.32 Å². The maximum atomic E-state index is 11.8. The fourth-order valence-electron chi connectivity index (χ4n) is 1.28. The van der Waals surface area contributed by atoms with E-state index >= 15 is 0 Å². The summed E-state index contributed by atoms with van der Waals surface area (Å²) in [7, 11) is 0. The van der Waals surface area contributed by atoms with Gasteiger partial charge in [0.2, 0.25) is 0 Å². The minimum Gasteiger partial charge on any atom is -0.338 e. The highest BCUT2D eigenvalue weighted by Gasteiger charge is 2.13. The molecule has 1 rings (SSSR count). The van der Waals surface area contributed by atoms with Gasteiger partial charge in [-0.05, 0) is 12.5 Å². The zero-order chi connectivity index (χ0) is 12.0. The van der Waals surface area contributed by atoms with Crippen molar-refractivity contribution >= 4 is 17.5 Å². The van der Waals surface area contributed by atoms with E-state index < -0.39 is 0 Å². The molecule has 1 amide bonds. The van der Waals surface area contributed by atoms with Crippen molar-refractivity contribution in [3.05, 3.63) is 29.0 Å². The molecule has 0 saturated heterocycles. The lowest BCUT2D eigenvalue weighted by molar-refractivity contribution is 0.0944. The number of pyridine rings is 1. The number of hydrogen-bond acceptors (Lipinski definition) is 2. The van der Waals surface area contributed by atoms with E-state index in [9.17, 15) is 4.79 Å². The van der Waals surface area contributed by atoms with Crippen LogP contribution in [0.15, 0.2) is 18.5 Å². The first-order chi connectivity index (χ1) is 7.69. The largest absolute Gasteiger partial charge is 0.338 e. The molecule has 1 heterocycles. The number of carbonyl (C=O) groups is 1. The van der Waals surface area contributed by atoms with Crippen LogP contribution in [0.1, 0.15) is 30.1 Å². The fourth-order valence-corrected chi connectivity index (χ4v) is 1.49. The molecule has 16 heavy (non-hydrogen) atoms. The number of terminal acetylenes is 1. The summed E-state index contributed by atoms with van der Waals surface area (Å²) in [5.41, 5.74) is 0.396. The Bertz CT molecular complexity index is 412. The van der Waals surface area contributed by atoms with Gasteiger partial charge in [0.15, 0.2) is 0 Å². The highest BCUT2D eigenvalue weighted by Crippen LogP contribution is 2.13. The van der Waals surface area contributed by atoms with Gasteiger partial charge in [-0.15, -0.1) is 6.42 Å². The lowest BCUT2D eigenvalue weighted by atomic mass is 10.1. The molecule has 4 heteroatoms. The van der Waals surface area contributed by atoms with E-state index in [4.69, 9.17) is 18.0 Å². The quantitative estimate of drug-likeness (QED) is 0.815. The van der Waals surface area contributed by atoms with Crippen LogP contribution in [-0.2, 0) is 0 Å². The minimum atomic E-state index is -0.260. The molecule has 0 aliphatic rings. The predicted octanol–water partition coefficient (Wildman–Crippen LogP) is 2.27. The van der Waals surface area contributed by atoms with E-state index in [0.717, 1.165) is 12.8 Å². The Morgan fingerprint density at radius 1 is 1.75 bits per heavy atom. The smallest absolute Gasteiger partial charge is 0.253 e. The summed E-state index contributed by atoms with van der Waals surface area (Å²) >= 11 is 5.85. The summed E-state index contributed by atoms with van der Waals surface area (Å²) < 4.78 is 0. The van der Waals surface area contributed by atoms with E-state index in [1.807, 2.05) is 6.92 Å². The summed E-state index contributed by atoms with van der Waals surface area (Å²) in [5.74, 6) is 2.27. The van der Waals surface area contributed by atoms with Crippen molar-refractivity contribution in [3.8, 4) is 12.3 Å². The van der Waals surface area contributed by atoms with Crippen molar-refractivity contribution in [1.29, 1.82) is 0 Å². The maximum Gasteiger partial charge on any atom is 0.253 e. The fraction of sp³-hybridized carbons (Fsp3) is 0.333. The molecule has 0 spiro atoms. The Morgan fingerprint density at radius 3 is 3.06 bits per heavy atom. The summed E-state index contributed by atoms with van der Waals surface area (Å²) in [6.07, 6.45) is 9.94. The second-order valence-corrected chi connectivity index (χ2v) is 3.74. The number of amides is 1. The number of hydrogen-bond donors (Lipinski definition) is 1. The van der Waals surface area contributed by atoms with E-state index in [2.05, 4.69) is 16.2 Å². The molecule has 1 aromatic rings. The van der Waals surface area contributed by atoms with E-state index in [-0.39, 0.29) is 11.9 Å². The van der Waals surface area contributed by atoms with Gasteiger partial charge in [0, 0.05) is 12.4 Å². The number of aromatic nitrogens is 1. The number of nitrogens with one attached hydrogen (secondary N) is 1. The van der Waals surface area contributed by atoms with Gasteiger partial charge in [0.1, 0.15) is 0 Å². The van der Waals surface area contributed by atoms with Crippen molar-refractivity contribution in [2.24, 2.45) is 0 Å². The lowest BCUT2D eigenvalue weighted by Crippen LogP contribution is -2.33. The summed E-state index contributed by atoms with van der Waals surface area (Å²) in [6.45, 7) is 2.01. The third-order valence-electron chi connectivity index (χ3n) is 2.10. The van der Waals surface area contributed by atoms with Crippen LogP contribution in [0.4, 0.5) is 0 Å². The Balaban J connectivity index is 2.73. The van der Waals surface area contributed by atoms with Gasteiger partial charge in [-0.1, -0.05) is 30.9 Å².